The molecular formula is C14H23N3O. The van der Waals surface area contributed by atoms with E-state index in [4.69, 9.17) is 5.73 Å². The molecule has 2 atom stereocenters. The molecule has 3 N–H and O–H groups in total. The van der Waals surface area contributed by atoms with E-state index in [2.05, 4.69) is 12.2 Å². The van der Waals surface area contributed by atoms with Crippen LogP contribution < -0.4 is 11.1 Å². The van der Waals surface area contributed by atoms with Gasteiger partial charge in [-0.05, 0) is 43.7 Å². The van der Waals surface area contributed by atoms with Gasteiger partial charge < -0.3 is 15.6 Å². The fourth-order valence-corrected chi connectivity index (χ4v) is 2.07. The highest BCUT2D eigenvalue weighted by Crippen LogP contribution is 2.39. The highest BCUT2D eigenvalue weighted by atomic mass is 16.2. The summed E-state index contributed by atoms with van der Waals surface area (Å²) in [5.41, 5.74) is 7.28. The Morgan fingerprint density at radius 2 is 2.33 bits per heavy atom. The molecule has 0 aromatic carbocycles. The number of nitrogens with two attached hydrogens (primary N) is 1. The number of hydrogen-bond acceptors (Lipinski definition) is 2. The van der Waals surface area contributed by atoms with Crippen molar-refractivity contribution in [2.45, 2.75) is 51.7 Å². The molecule has 18 heavy (non-hydrogen) atoms. The van der Waals surface area contributed by atoms with Crippen molar-refractivity contribution in [1.29, 1.82) is 0 Å². The average molecular weight is 249 g/mol. The Labute approximate surface area is 109 Å². The molecule has 1 fully saturated rings. The standard InChI is InChI=1S/C14H23N3O/c1-3-10(2)16-13(18)9-17-7-6-12(8-17)14(15)11-4-5-11/h6-8,10-11,14H,3-5,9,15H2,1-2H3,(H,16,18). The Hall–Kier alpha value is -1.29. The molecule has 2 unspecified atom stereocenters. The number of carbonyl (C=O) groups is 1. The molecule has 1 aliphatic rings. The zero-order valence-electron chi connectivity index (χ0n) is 11.2. The normalized spacial score (nSPS) is 18.4. The highest BCUT2D eigenvalue weighted by Gasteiger charge is 2.29. The first-order valence-corrected chi connectivity index (χ1v) is 6.80. The number of carbonyl (C=O) groups excluding carboxylic acids is 1. The Bertz CT molecular complexity index is 409. The van der Waals surface area contributed by atoms with E-state index in [0.29, 0.717) is 12.5 Å². The Morgan fingerprint density at radius 3 is 2.94 bits per heavy atom. The van der Waals surface area contributed by atoms with E-state index in [1.807, 2.05) is 30.0 Å². The second-order valence-electron chi connectivity index (χ2n) is 5.36. The summed E-state index contributed by atoms with van der Waals surface area (Å²) in [6, 6.07) is 2.41. The van der Waals surface area contributed by atoms with Gasteiger partial charge in [-0.25, -0.2) is 0 Å². The molecule has 0 saturated heterocycles. The van der Waals surface area contributed by atoms with Crippen LogP contribution in [0.15, 0.2) is 18.5 Å². The molecule has 4 nitrogen and oxygen atoms in total. The molecule has 4 heteroatoms. The van der Waals surface area contributed by atoms with Crippen molar-refractivity contribution in [3.63, 3.8) is 0 Å². The Morgan fingerprint density at radius 1 is 1.61 bits per heavy atom. The van der Waals surface area contributed by atoms with E-state index in [1.54, 1.807) is 0 Å². The van der Waals surface area contributed by atoms with Crippen LogP contribution in [0.5, 0.6) is 0 Å². The molecule has 100 valence electrons. The summed E-state index contributed by atoms with van der Waals surface area (Å²) in [4.78, 5) is 11.7. The number of amides is 1. The van der Waals surface area contributed by atoms with Crippen molar-refractivity contribution in [3.8, 4) is 0 Å². The first-order chi connectivity index (χ1) is 8.60. The van der Waals surface area contributed by atoms with Crippen LogP contribution in [0, 0.1) is 5.92 Å². The van der Waals surface area contributed by atoms with Crippen molar-refractivity contribution in [2.24, 2.45) is 11.7 Å². The number of rotatable bonds is 6. The Balaban J connectivity index is 1.87. The van der Waals surface area contributed by atoms with E-state index in [0.717, 1.165) is 12.0 Å². The fraction of sp³-hybridized carbons (Fsp3) is 0.643. The van der Waals surface area contributed by atoms with Crippen LogP contribution in [0.1, 0.15) is 44.7 Å². The quantitative estimate of drug-likeness (QED) is 0.807. The molecule has 1 aromatic rings. The zero-order chi connectivity index (χ0) is 13.1. The lowest BCUT2D eigenvalue weighted by molar-refractivity contribution is -0.122. The van der Waals surface area contributed by atoms with Crippen molar-refractivity contribution >= 4 is 5.91 Å². The fourth-order valence-electron chi connectivity index (χ4n) is 2.07. The minimum atomic E-state index is 0.0616. The average Bonchev–Trinajstić information content (AvgIpc) is 3.09. The van der Waals surface area contributed by atoms with Gasteiger partial charge in [0.2, 0.25) is 5.91 Å². The van der Waals surface area contributed by atoms with Gasteiger partial charge in [0.15, 0.2) is 0 Å². The van der Waals surface area contributed by atoms with Crippen LogP contribution in [0.2, 0.25) is 0 Å². The summed E-state index contributed by atoms with van der Waals surface area (Å²) in [5.74, 6) is 0.710. The van der Waals surface area contributed by atoms with E-state index in [-0.39, 0.29) is 18.0 Å². The van der Waals surface area contributed by atoms with Crippen LogP contribution >= 0.6 is 0 Å². The van der Waals surface area contributed by atoms with Crippen LogP contribution in [0.4, 0.5) is 0 Å². The summed E-state index contributed by atoms with van der Waals surface area (Å²) in [7, 11) is 0. The lowest BCUT2D eigenvalue weighted by Gasteiger charge is -2.12. The van der Waals surface area contributed by atoms with Gasteiger partial charge in [-0.15, -0.1) is 0 Å². The number of aromatic nitrogens is 1. The second kappa shape index (κ2) is 5.57. The largest absolute Gasteiger partial charge is 0.352 e. The lowest BCUT2D eigenvalue weighted by Crippen LogP contribution is -2.34. The summed E-state index contributed by atoms with van der Waals surface area (Å²) in [6.07, 6.45) is 7.36. The van der Waals surface area contributed by atoms with Crippen molar-refractivity contribution in [2.75, 3.05) is 0 Å². The number of hydrogen-bond donors (Lipinski definition) is 2. The van der Waals surface area contributed by atoms with Gasteiger partial charge in [-0.3, -0.25) is 4.79 Å². The van der Waals surface area contributed by atoms with E-state index >= 15 is 0 Å². The van der Waals surface area contributed by atoms with Crippen molar-refractivity contribution < 1.29 is 4.79 Å². The van der Waals surface area contributed by atoms with Crippen LogP contribution in [0.3, 0.4) is 0 Å². The van der Waals surface area contributed by atoms with Gasteiger partial charge in [0.05, 0.1) is 0 Å². The highest BCUT2D eigenvalue weighted by molar-refractivity contribution is 5.76. The number of nitrogens with zero attached hydrogens (tertiary/aromatic N) is 1. The van der Waals surface area contributed by atoms with Gasteiger partial charge in [0.25, 0.3) is 0 Å². The van der Waals surface area contributed by atoms with Crippen molar-refractivity contribution in [3.05, 3.63) is 24.0 Å². The zero-order valence-corrected chi connectivity index (χ0v) is 11.2. The molecule has 1 aliphatic carbocycles. The third-order valence-corrected chi connectivity index (χ3v) is 3.63. The predicted molar refractivity (Wildman–Crippen MR) is 72.0 cm³/mol. The van der Waals surface area contributed by atoms with Gasteiger partial charge in [0.1, 0.15) is 6.54 Å². The molecule has 2 rings (SSSR count). The second-order valence-corrected chi connectivity index (χ2v) is 5.36. The van der Waals surface area contributed by atoms with Gasteiger partial charge in [0, 0.05) is 24.5 Å². The summed E-state index contributed by atoms with van der Waals surface area (Å²) < 4.78 is 1.91. The summed E-state index contributed by atoms with van der Waals surface area (Å²) in [5, 5.41) is 2.96. The third-order valence-electron chi connectivity index (χ3n) is 3.63. The first kappa shape index (κ1) is 13.1. The predicted octanol–water partition coefficient (Wildman–Crippen LogP) is 1.81. The molecule has 1 heterocycles. The third kappa shape index (κ3) is 3.35. The molecule has 1 amide bonds. The molecule has 0 bridgehead atoms. The maximum atomic E-state index is 11.7. The maximum absolute atomic E-state index is 11.7. The topological polar surface area (TPSA) is 60.0 Å². The molecule has 0 spiro atoms. The molecule has 0 radical (unpaired) electrons. The van der Waals surface area contributed by atoms with Crippen LogP contribution in [-0.2, 0) is 11.3 Å². The maximum Gasteiger partial charge on any atom is 0.240 e. The minimum Gasteiger partial charge on any atom is -0.352 e. The molecule has 1 aromatic heterocycles. The molecule has 1 saturated carbocycles. The Kier molecular flexibility index (Phi) is 4.07. The van der Waals surface area contributed by atoms with E-state index < -0.39 is 0 Å². The van der Waals surface area contributed by atoms with Gasteiger partial charge in [-0.1, -0.05) is 6.92 Å². The summed E-state index contributed by atoms with van der Waals surface area (Å²) in [6.45, 7) is 4.46. The minimum absolute atomic E-state index is 0.0616. The van der Waals surface area contributed by atoms with Crippen LogP contribution in [-0.4, -0.2) is 16.5 Å². The van der Waals surface area contributed by atoms with E-state index in [9.17, 15) is 4.79 Å². The number of nitrogens with one attached hydrogen (secondary N) is 1. The molecular weight excluding hydrogens is 226 g/mol. The SMILES string of the molecule is CCC(C)NC(=O)Cn1ccc(C(N)C2CC2)c1. The summed E-state index contributed by atoms with van der Waals surface area (Å²) >= 11 is 0. The van der Waals surface area contributed by atoms with Crippen LogP contribution in [0.25, 0.3) is 0 Å². The van der Waals surface area contributed by atoms with Crippen molar-refractivity contribution in [1.82, 2.24) is 9.88 Å². The van der Waals surface area contributed by atoms with Gasteiger partial charge in [-0.2, -0.15) is 0 Å². The molecule has 0 aliphatic heterocycles. The smallest absolute Gasteiger partial charge is 0.240 e. The lowest BCUT2D eigenvalue weighted by atomic mass is 10.1. The van der Waals surface area contributed by atoms with Gasteiger partial charge >= 0.3 is 0 Å². The first-order valence-electron chi connectivity index (χ1n) is 6.80. The van der Waals surface area contributed by atoms with E-state index in [1.165, 1.54) is 12.8 Å². The monoisotopic (exact) mass is 249 g/mol.